The largest absolute Gasteiger partial charge is 0.507 e. The summed E-state index contributed by atoms with van der Waals surface area (Å²) in [5.41, 5.74) is 1.44. The normalized spacial score (nSPS) is 16.7. The van der Waals surface area contributed by atoms with Gasteiger partial charge in [-0.3, -0.25) is 9.59 Å². The van der Waals surface area contributed by atoms with Crippen molar-refractivity contribution in [3.8, 4) is 17.2 Å². The average molecular weight is 556 g/mol. The molecule has 0 aliphatic carbocycles. The lowest BCUT2D eigenvalue weighted by Gasteiger charge is -2.26. The molecule has 0 bridgehead atoms. The minimum atomic E-state index is -0.906. The number of likely N-dealkylation sites (tertiary alicyclic amines) is 1. The zero-order valence-electron chi connectivity index (χ0n) is 21.3. The van der Waals surface area contributed by atoms with Crippen molar-refractivity contribution in [3.05, 3.63) is 93.0 Å². The SMILES string of the molecule is COc1cccc(CN2C(=O)C(=O)/C(=C(/O)c3cc(Cl)c(OC)c(Cl)c3)C2c2cccc(OC(C)C)c2)c1. The first-order chi connectivity index (χ1) is 18.1. The molecule has 4 rings (SSSR count). The van der Waals surface area contributed by atoms with Gasteiger partial charge in [-0.05, 0) is 61.4 Å². The lowest BCUT2D eigenvalue weighted by atomic mass is 9.95. The number of methoxy groups -OCH3 is 2. The Morgan fingerprint density at radius 2 is 1.61 bits per heavy atom. The summed E-state index contributed by atoms with van der Waals surface area (Å²) in [6.07, 6.45) is -0.0861. The van der Waals surface area contributed by atoms with Crippen molar-refractivity contribution in [1.29, 1.82) is 0 Å². The van der Waals surface area contributed by atoms with Crippen LogP contribution in [0.25, 0.3) is 5.76 Å². The first-order valence-corrected chi connectivity index (χ1v) is 12.6. The van der Waals surface area contributed by atoms with Crippen LogP contribution in [0, 0.1) is 0 Å². The molecule has 0 saturated carbocycles. The van der Waals surface area contributed by atoms with Gasteiger partial charge in [-0.2, -0.15) is 0 Å². The van der Waals surface area contributed by atoms with Crippen molar-refractivity contribution in [2.75, 3.05) is 14.2 Å². The van der Waals surface area contributed by atoms with E-state index in [2.05, 4.69) is 0 Å². The molecule has 1 aliphatic heterocycles. The predicted octanol–water partition coefficient (Wildman–Crippen LogP) is 6.42. The summed E-state index contributed by atoms with van der Waals surface area (Å²) < 4.78 is 16.4. The molecule has 198 valence electrons. The third kappa shape index (κ3) is 5.44. The molecule has 3 aromatic carbocycles. The Kier molecular flexibility index (Phi) is 8.19. The fraction of sp³-hybridized carbons (Fsp3) is 0.241. The molecule has 1 heterocycles. The summed E-state index contributed by atoms with van der Waals surface area (Å²) in [7, 11) is 2.97. The molecule has 3 aromatic rings. The molecule has 0 aromatic heterocycles. The van der Waals surface area contributed by atoms with Crippen LogP contribution in [0.4, 0.5) is 0 Å². The highest BCUT2D eigenvalue weighted by Gasteiger charge is 2.46. The first kappa shape index (κ1) is 27.4. The van der Waals surface area contributed by atoms with Crippen LogP contribution >= 0.6 is 23.2 Å². The van der Waals surface area contributed by atoms with Gasteiger partial charge in [0.2, 0.25) is 0 Å². The van der Waals surface area contributed by atoms with Gasteiger partial charge in [0.1, 0.15) is 17.3 Å². The summed E-state index contributed by atoms with van der Waals surface area (Å²) in [5.74, 6) is -0.555. The maximum atomic E-state index is 13.4. The van der Waals surface area contributed by atoms with E-state index >= 15 is 0 Å². The molecule has 9 heteroatoms. The van der Waals surface area contributed by atoms with Crippen molar-refractivity contribution in [2.24, 2.45) is 0 Å². The topological polar surface area (TPSA) is 85.3 Å². The molecular weight excluding hydrogens is 529 g/mol. The number of halogens is 2. The van der Waals surface area contributed by atoms with Gasteiger partial charge in [0.15, 0.2) is 5.75 Å². The zero-order valence-corrected chi connectivity index (χ0v) is 22.8. The van der Waals surface area contributed by atoms with E-state index in [1.165, 1.54) is 24.1 Å². The summed E-state index contributed by atoms with van der Waals surface area (Å²) in [6.45, 7) is 3.90. The standard InChI is InChI=1S/C29H27Cl2NO6/c1-16(2)38-21-10-6-8-18(12-21)25-24(26(33)19-13-22(30)28(37-4)23(31)14-19)27(34)29(35)32(25)15-17-7-5-9-20(11-17)36-3/h5-14,16,25,33H,15H2,1-4H3/b26-24+. The van der Waals surface area contributed by atoms with Crippen LogP contribution in [0.15, 0.2) is 66.2 Å². The highest BCUT2D eigenvalue weighted by Crippen LogP contribution is 2.43. The molecule has 1 atom stereocenters. The fourth-order valence-corrected chi connectivity index (χ4v) is 5.08. The number of ketones is 1. The van der Waals surface area contributed by atoms with Gasteiger partial charge >= 0.3 is 0 Å². The number of Topliss-reactive ketones (excluding diaryl/α,β-unsaturated/α-hetero) is 1. The third-order valence-corrected chi connectivity index (χ3v) is 6.61. The Bertz CT molecular complexity index is 1390. The minimum Gasteiger partial charge on any atom is -0.507 e. The molecule has 1 aliphatic rings. The number of carbonyl (C=O) groups excluding carboxylic acids is 2. The van der Waals surface area contributed by atoms with Gasteiger partial charge < -0.3 is 24.2 Å². The number of amides is 1. The van der Waals surface area contributed by atoms with Gasteiger partial charge in [0, 0.05) is 12.1 Å². The monoisotopic (exact) mass is 555 g/mol. The molecule has 38 heavy (non-hydrogen) atoms. The molecule has 0 spiro atoms. The number of benzene rings is 3. The maximum Gasteiger partial charge on any atom is 0.295 e. The van der Waals surface area contributed by atoms with E-state index in [0.717, 1.165) is 5.56 Å². The molecule has 1 N–H and O–H groups in total. The Balaban J connectivity index is 1.89. The van der Waals surface area contributed by atoms with E-state index in [9.17, 15) is 14.7 Å². The van der Waals surface area contributed by atoms with Crippen LogP contribution in [0.5, 0.6) is 17.2 Å². The number of rotatable bonds is 8. The van der Waals surface area contributed by atoms with E-state index in [0.29, 0.717) is 17.1 Å². The van der Waals surface area contributed by atoms with Crippen LogP contribution in [-0.4, -0.2) is 42.0 Å². The Hall–Kier alpha value is -3.68. The molecule has 1 amide bonds. The highest BCUT2D eigenvalue weighted by molar-refractivity contribution is 6.46. The lowest BCUT2D eigenvalue weighted by Crippen LogP contribution is -2.29. The van der Waals surface area contributed by atoms with Crippen molar-refractivity contribution >= 4 is 40.7 Å². The molecule has 7 nitrogen and oxygen atoms in total. The molecular formula is C29H27Cl2NO6. The van der Waals surface area contributed by atoms with E-state index in [1.807, 2.05) is 19.9 Å². The van der Waals surface area contributed by atoms with E-state index in [-0.39, 0.29) is 39.6 Å². The quantitative estimate of drug-likeness (QED) is 0.196. The highest BCUT2D eigenvalue weighted by atomic mass is 35.5. The van der Waals surface area contributed by atoms with Crippen LogP contribution < -0.4 is 14.2 Å². The number of nitrogens with zero attached hydrogens (tertiary/aromatic N) is 1. The predicted molar refractivity (Wildman–Crippen MR) is 146 cm³/mol. The van der Waals surface area contributed by atoms with Crippen molar-refractivity contribution < 1.29 is 28.9 Å². The molecule has 1 fully saturated rings. The minimum absolute atomic E-state index is 0.0861. The third-order valence-electron chi connectivity index (χ3n) is 6.05. The summed E-state index contributed by atoms with van der Waals surface area (Å²) in [6, 6.07) is 16.3. The van der Waals surface area contributed by atoms with E-state index in [4.69, 9.17) is 37.4 Å². The van der Waals surface area contributed by atoms with Crippen molar-refractivity contribution in [3.63, 3.8) is 0 Å². The Morgan fingerprint density at radius 3 is 2.24 bits per heavy atom. The van der Waals surface area contributed by atoms with E-state index < -0.39 is 23.5 Å². The second-order valence-electron chi connectivity index (χ2n) is 8.99. The maximum absolute atomic E-state index is 13.4. The van der Waals surface area contributed by atoms with Gasteiger partial charge in [-0.1, -0.05) is 47.5 Å². The summed E-state index contributed by atoms with van der Waals surface area (Å²) in [5, 5.41) is 11.7. The lowest BCUT2D eigenvalue weighted by molar-refractivity contribution is -0.140. The smallest absolute Gasteiger partial charge is 0.295 e. The molecule has 0 radical (unpaired) electrons. The number of ether oxygens (including phenoxy) is 3. The van der Waals surface area contributed by atoms with Crippen LogP contribution in [-0.2, 0) is 16.1 Å². The fourth-order valence-electron chi connectivity index (χ4n) is 4.43. The molecule has 1 saturated heterocycles. The van der Waals surface area contributed by atoms with Crippen LogP contribution in [0.2, 0.25) is 10.0 Å². The number of hydrogen-bond acceptors (Lipinski definition) is 6. The Labute approximate surface area is 231 Å². The zero-order chi connectivity index (χ0) is 27.6. The first-order valence-electron chi connectivity index (χ1n) is 11.9. The van der Waals surface area contributed by atoms with E-state index in [1.54, 1.807) is 49.6 Å². The molecule has 1 unspecified atom stereocenters. The average Bonchev–Trinajstić information content (AvgIpc) is 3.13. The summed E-state index contributed by atoms with van der Waals surface area (Å²) in [4.78, 5) is 28.2. The van der Waals surface area contributed by atoms with Gasteiger partial charge in [0.05, 0.1) is 42.0 Å². The number of carbonyl (C=O) groups is 2. The second kappa shape index (κ2) is 11.4. The number of aliphatic hydroxyl groups is 1. The number of hydrogen-bond donors (Lipinski definition) is 1. The summed E-state index contributed by atoms with van der Waals surface area (Å²) >= 11 is 12.6. The number of aliphatic hydroxyl groups excluding tert-OH is 1. The van der Waals surface area contributed by atoms with Crippen molar-refractivity contribution in [1.82, 2.24) is 4.90 Å². The Morgan fingerprint density at radius 1 is 0.947 bits per heavy atom. The van der Waals surface area contributed by atoms with Gasteiger partial charge in [-0.25, -0.2) is 0 Å². The second-order valence-corrected chi connectivity index (χ2v) is 9.81. The van der Waals surface area contributed by atoms with Crippen molar-refractivity contribution in [2.45, 2.75) is 32.5 Å². The van der Waals surface area contributed by atoms with Crippen LogP contribution in [0.1, 0.15) is 36.6 Å². The van der Waals surface area contributed by atoms with Gasteiger partial charge in [-0.15, -0.1) is 0 Å². The van der Waals surface area contributed by atoms with Gasteiger partial charge in [0.25, 0.3) is 11.7 Å². The van der Waals surface area contributed by atoms with Crippen LogP contribution in [0.3, 0.4) is 0 Å².